The van der Waals surface area contributed by atoms with Crippen molar-refractivity contribution >= 4 is 11.9 Å². The zero-order chi connectivity index (χ0) is 12.6. The lowest BCUT2D eigenvalue weighted by Crippen LogP contribution is -2.26. The van der Waals surface area contributed by atoms with Crippen LogP contribution in [0.2, 0.25) is 0 Å². The van der Waals surface area contributed by atoms with E-state index in [0.717, 1.165) is 19.3 Å². The summed E-state index contributed by atoms with van der Waals surface area (Å²) in [6.45, 7) is 5.87. The van der Waals surface area contributed by atoms with E-state index in [1.165, 1.54) is 6.08 Å². The van der Waals surface area contributed by atoms with Gasteiger partial charge in [0.1, 0.15) is 5.70 Å². The zero-order valence-corrected chi connectivity index (χ0v) is 10.2. The van der Waals surface area contributed by atoms with Gasteiger partial charge in [-0.3, -0.25) is 4.79 Å². The molecule has 4 heteroatoms. The molecule has 0 heterocycles. The molecule has 0 aliphatic rings. The Morgan fingerprint density at radius 3 is 2.38 bits per heavy atom. The third-order valence-corrected chi connectivity index (χ3v) is 2.23. The molecule has 4 nitrogen and oxygen atoms in total. The molecule has 0 unspecified atom stereocenters. The van der Waals surface area contributed by atoms with Crippen molar-refractivity contribution in [2.24, 2.45) is 5.92 Å². The van der Waals surface area contributed by atoms with Gasteiger partial charge in [0.05, 0.1) is 0 Å². The Labute approximate surface area is 96.7 Å². The van der Waals surface area contributed by atoms with Crippen LogP contribution in [-0.2, 0) is 9.59 Å². The fraction of sp³-hybridized carbons (Fsp3) is 0.667. The molecule has 0 spiro atoms. The first-order chi connectivity index (χ1) is 7.47. The molecule has 92 valence electrons. The monoisotopic (exact) mass is 227 g/mol. The van der Waals surface area contributed by atoms with Crippen LogP contribution in [0.4, 0.5) is 0 Å². The highest BCUT2D eigenvalue weighted by atomic mass is 16.4. The second kappa shape index (κ2) is 7.91. The number of hydrogen-bond acceptors (Lipinski definition) is 2. The molecule has 1 amide bonds. The molecule has 16 heavy (non-hydrogen) atoms. The second-order valence-electron chi connectivity index (χ2n) is 4.20. The van der Waals surface area contributed by atoms with Crippen LogP contribution < -0.4 is 5.32 Å². The third kappa shape index (κ3) is 7.04. The van der Waals surface area contributed by atoms with E-state index in [-0.39, 0.29) is 11.6 Å². The summed E-state index contributed by atoms with van der Waals surface area (Å²) in [6.07, 6.45) is 4.68. The van der Waals surface area contributed by atoms with Crippen LogP contribution in [0.25, 0.3) is 0 Å². The average molecular weight is 227 g/mol. The largest absolute Gasteiger partial charge is 0.477 e. The first kappa shape index (κ1) is 14.7. The van der Waals surface area contributed by atoms with E-state index < -0.39 is 5.97 Å². The fourth-order valence-corrected chi connectivity index (χ4v) is 1.30. The third-order valence-electron chi connectivity index (χ3n) is 2.23. The molecule has 0 aliphatic heterocycles. The summed E-state index contributed by atoms with van der Waals surface area (Å²) in [4.78, 5) is 21.9. The lowest BCUT2D eigenvalue weighted by atomic mass is 10.1. The average Bonchev–Trinajstić information content (AvgIpc) is 2.20. The Balaban J connectivity index is 3.78. The van der Waals surface area contributed by atoms with Gasteiger partial charge in [0, 0.05) is 6.42 Å². The smallest absolute Gasteiger partial charge is 0.352 e. The summed E-state index contributed by atoms with van der Waals surface area (Å²) < 4.78 is 0. The van der Waals surface area contributed by atoms with Crippen molar-refractivity contribution in [3.8, 4) is 0 Å². The molecule has 0 aromatic carbocycles. The molecular formula is C12H21NO3. The Morgan fingerprint density at radius 2 is 1.94 bits per heavy atom. The fourth-order valence-electron chi connectivity index (χ4n) is 1.30. The van der Waals surface area contributed by atoms with Crippen LogP contribution in [0.15, 0.2) is 11.8 Å². The maximum atomic E-state index is 11.3. The van der Waals surface area contributed by atoms with Gasteiger partial charge in [0.25, 0.3) is 0 Å². The number of carbonyl (C=O) groups is 2. The van der Waals surface area contributed by atoms with Crippen LogP contribution in [0.5, 0.6) is 0 Å². The molecular weight excluding hydrogens is 206 g/mol. The van der Waals surface area contributed by atoms with Gasteiger partial charge in [0.2, 0.25) is 5.91 Å². The minimum atomic E-state index is -1.10. The van der Waals surface area contributed by atoms with Crippen molar-refractivity contribution in [2.75, 3.05) is 0 Å². The van der Waals surface area contributed by atoms with Gasteiger partial charge in [0.15, 0.2) is 0 Å². The van der Waals surface area contributed by atoms with Gasteiger partial charge in [-0.25, -0.2) is 4.79 Å². The molecule has 0 saturated carbocycles. The summed E-state index contributed by atoms with van der Waals surface area (Å²) in [5.74, 6) is -0.675. The molecule has 0 aromatic rings. The molecule has 0 bridgehead atoms. The maximum Gasteiger partial charge on any atom is 0.352 e. The van der Waals surface area contributed by atoms with E-state index >= 15 is 0 Å². The van der Waals surface area contributed by atoms with Crippen LogP contribution in [0, 0.1) is 5.92 Å². The number of rotatable bonds is 7. The van der Waals surface area contributed by atoms with E-state index in [1.807, 2.05) is 0 Å². The first-order valence-electron chi connectivity index (χ1n) is 5.66. The minimum Gasteiger partial charge on any atom is -0.477 e. The minimum absolute atomic E-state index is 0.0474. The molecule has 0 saturated heterocycles. The van der Waals surface area contributed by atoms with E-state index in [9.17, 15) is 9.59 Å². The highest BCUT2D eigenvalue weighted by Gasteiger charge is 2.09. The number of nitrogens with one attached hydrogen (secondary N) is 1. The number of aliphatic carboxylic acids is 1. The summed E-state index contributed by atoms with van der Waals surface area (Å²) in [6, 6.07) is 0. The van der Waals surface area contributed by atoms with Gasteiger partial charge in [-0.05, 0) is 19.3 Å². The second-order valence-corrected chi connectivity index (χ2v) is 4.20. The summed E-state index contributed by atoms with van der Waals surface area (Å²) in [5.41, 5.74) is -0.0474. The van der Waals surface area contributed by atoms with Gasteiger partial charge in [-0.1, -0.05) is 32.8 Å². The molecule has 2 N–H and O–H groups in total. The van der Waals surface area contributed by atoms with Crippen molar-refractivity contribution in [1.29, 1.82) is 0 Å². The van der Waals surface area contributed by atoms with Gasteiger partial charge in [-0.2, -0.15) is 0 Å². The lowest BCUT2D eigenvalue weighted by molar-refractivity contribution is -0.134. The quantitative estimate of drug-likeness (QED) is 0.518. The molecule has 0 fully saturated rings. The number of carbonyl (C=O) groups excluding carboxylic acids is 1. The number of allylic oxidation sites excluding steroid dienone is 1. The summed E-state index contributed by atoms with van der Waals surface area (Å²) in [5, 5.41) is 11.1. The standard InChI is InChI=1S/C12H21NO3/c1-4-10(12(15)16)13-11(14)8-6-5-7-9(2)3/h4,9H,5-8H2,1-3H3,(H,13,14)(H,15,16)/b10-4-. The van der Waals surface area contributed by atoms with E-state index in [2.05, 4.69) is 19.2 Å². The number of unbranched alkanes of at least 4 members (excludes halogenated alkanes) is 1. The maximum absolute atomic E-state index is 11.3. The Bertz CT molecular complexity index is 269. The number of hydrogen-bond donors (Lipinski definition) is 2. The van der Waals surface area contributed by atoms with E-state index in [0.29, 0.717) is 12.3 Å². The molecule has 0 rings (SSSR count). The van der Waals surface area contributed by atoms with Crippen molar-refractivity contribution in [2.45, 2.75) is 46.5 Å². The Morgan fingerprint density at radius 1 is 1.31 bits per heavy atom. The van der Waals surface area contributed by atoms with Gasteiger partial charge in [-0.15, -0.1) is 0 Å². The van der Waals surface area contributed by atoms with Crippen molar-refractivity contribution in [3.05, 3.63) is 11.8 Å². The van der Waals surface area contributed by atoms with Crippen molar-refractivity contribution in [1.82, 2.24) is 5.32 Å². The summed E-state index contributed by atoms with van der Waals surface area (Å²) in [7, 11) is 0. The SMILES string of the molecule is C/C=C(\NC(=O)CCCCC(C)C)C(=O)O. The first-order valence-corrected chi connectivity index (χ1v) is 5.66. The lowest BCUT2D eigenvalue weighted by Gasteiger charge is -2.06. The van der Waals surface area contributed by atoms with Crippen LogP contribution in [0.1, 0.15) is 46.5 Å². The molecule has 0 radical (unpaired) electrons. The van der Waals surface area contributed by atoms with E-state index in [4.69, 9.17) is 5.11 Å². The van der Waals surface area contributed by atoms with E-state index in [1.54, 1.807) is 6.92 Å². The van der Waals surface area contributed by atoms with Crippen LogP contribution in [-0.4, -0.2) is 17.0 Å². The van der Waals surface area contributed by atoms with Gasteiger partial charge < -0.3 is 10.4 Å². The van der Waals surface area contributed by atoms with Gasteiger partial charge >= 0.3 is 5.97 Å². The highest BCUT2D eigenvalue weighted by Crippen LogP contribution is 2.08. The topological polar surface area (TPSA) is 66.4 Å². The molecule has 0 atom stereocenters. The Kier molecular flexibility index (Phi) is 7.25. The van der Waals surface area contributed by atoms with Crippen LogP contribution in [0.3, 0.4) is 0 Å². The highest BCUT2D eigenvalue weighted by molar-refractivity contribution is 5.92. The number of amides is 1. The number of carboxylic acid groups (broad SMARTS) is 1. The predicted molar refractivity (Wildman–Crippen MR) is 62.8 cm³/mol. The Hall–Kier alpha value is -1.32. The number of carboxylic acids is 1. The van der Waals surface area contributed by atoms with Crippen molar-refractivity contribution in [3.63, 3.8) is 0 Å². The zero-order valence-electron chi connectivity index (χ0n) is 10.2. The normalized spacial score (nSPS) is 11.6. The molecule has 0 aromatic heterocycles. The van der Waals surface area contributed by atoms with Crippen molar-refractivity contribution < 1.29 is 14.7 Å². The molecule has 0 aliphatic carbocycles. The van der Waals surface area contributed by atoms with Crippen LogP contribution >= 0.6 is 0 Å². The predicted octanol–water partition coefficient (Wildman–Crippen LogP) is 2.31. The summed E-state index contributed by atoms with van der Waals surface area (Å²) >= 11 is 0.